The minimum Gasteiger partial charge on any atom is -0.496 e. The fraction of sp³-hybridized carbons (Fsp3) is 0.625. The molecule has 1 aliphatic carbocycles. The average molecular weight is 263 g/mol. The van der Waals surface area contributed by atoms with E-state index in [1.165, 1.54) is 12.0 Å². The van der Waals surface area contributed by atoms with Gasteiger partial charge < -0.3 is 14.8 Å². The van der Waals surface area contributed by atoms with Crippen LogP contribution >= 0.6 is 0 Å². The molecule has 0 amide bonds. The first-order valence-electron chi connectivity index (χ1n) is 7.19. The molecule has 3 nitrogen and oxygen atoms in total. The van der Waals surface area contributed by atoms with E-state index in [0.29, 0.717) is 0 Å². The number of hydrogen-bond donors (Lipinski definition) is 1. The molecule has 0 aromatic heterocycles. The predicted molar refractivity (Wildman–Crippen MR) is 77.6 cm³/mol. The molecule has 0 heterocycles. The Hall–Kier alpha value is -1.06. The van der Waals surface area contributed by atoms with Crippen molar-refractivity contribution < 1.29 is 9.47 Å². The summed E-state index contributed by atoms with van der Waals surface area (Å²) in [7, 11) is 3.56. The molecule has 2 rings (SSSR count). The second-order valence-electron chi connectivity index (χ2n) is 5.25. The van der Waals surface area contributed by atoms with Gasteiger partial charge in [-0.15, -0.1) is 0 Å². The Kier molecular flexibility index (Phi) is 4.83. The third-order valence-electron chi connectivity index (χ3n) is 4.18. The summed E-state index contributed by atoms with van der Waals surface area (Å²) in [6.45, 7) is 3.18. The summed E-state index contributed by atoms with van der Waals surface area (Å²) in [5, 5.41) is 3.65. The van der Waals surface area contributed by atoms with E-state index in [-0.39, 0.29) is 11.6 Å². The van der Waals surface area contributed by atoms with E-state index in [9.17, 15) is 0 Å². The normalized spacial score (nSPS) is 18.7. The molecule has 1 saturated carbocycles. The number of hydrogen-bond acceptors (Lipinski definition) is 3. The number of rotatable bonds is 7. The molecular formula is C16H25NO2. The van der Waals surface area contributed by atoms with Crippen molar-refractivity contribution in [3.8, 4) is 5.75 Å². The van der Waals surface area contributed by atoms with Crippen molar-refractivity contribution in [3.63, 3.8) is 0 Å². The van der Waals surface area contributed by atoms with Gasteiger partial charge in [-0.05, 0) is 38.3 Å². The Bertz CT molecular complexity index is 396. The minimum absolute atomic E-state index is 0.0657. The van der Waals surface area contributed by atoms with Gasteiger partial charge in [-0.25, -0.2) is 0 Å². The van der Waals surface area contributed by atoms with Crippen molar-refractivity contribution in [2.45, 2.75) is 44.2 Å². The number of benzene rings is 1. The van der Waals surface area contributed by atoms with Crippen LogP contribution in [0.2, 0.25) is 0 Å². The molecule has 1 aliphatic rings. The molecule has 0 aliphatic heterocycles. The second-order valence-corrected chi connectivity index (χ2v) is 5.25. The second kappa shape index (κ2) is 6.40. The third-order valence-corrected chi connectivity index (χ3v) is 4.18. The zero-order chi connectivity index (χ0) is 13.7. The van der Waals surface area contributed by atoms with E-state index in [0.717, 1.165) is 31.6 Å². The zero-order valence-corrected chi connectivity index (χ0v) is 12.2. The summed E-state index contributed by atoms with van der Waals surface area (Å²) >= 11 is 0. The Morgan fingerprint density at radius 2 is 2.00 bits per heavy atom. The Morgan fingerprint density at radius 3 is 2.53 bits per heavy atom. The molecule has 1 unspecified atom stereocenters. The van der Waals surface area contributed by atoms with E-state index in [1.54, 1.807) is 7.11 Å². The van der Waals surface area contributed by atoms with E-state index in [1.807, 2.05) is 19.2 Å². The smallest absolute Gasteiger partial charge is 0.123 e. The first-order chi connectivity index (χ1) is 9.27. The summed E-state index contributed by atoms with van der Waals surface area (Å²) in [6.07, 6.45) is 4.59. The van der Waals surface area contributed by atoms with Gasteiger partial charge in [-0.3, -0.25) is 0 Å². The minimum atomic E-state index is -0.0657. The van der Waals surface area contributed by atoms with Crippen LogP contribution < -0.4 is 10.1 Å². The SMILES string of the molecule is CCCNC(c1ccccc1OC)C1(OC)CCC1. The van der Waals surface area contributed by atoms with Crippen LogP contribution in [0.15, 0.2) is 24.3 Å². The van der Waals surface area contributed by atoms with Gasteiger partial charge in [0.25, 0.3) is 0 Å². The van der Waals surface area contributed by atoms with Crippen LogP contribution in [0.4, 0.5) is 0 Å². The highest BCUT2D eigenvalue weighted by Crippen LogP contribution is 2.46. The molecule has 0 radical (unpaired) electrons. The van der Waals surface area contributed by atoms with E-state index in [2.05, 4.69) is 24.4 Å². The molecule has 1 N–H and O–H groups in total. The van der Waals surface area contributed by atoms with Crippen LogP contribution in [0, 0.1) is 0 Å². The fourth-order valence-corrected chi connectivity index (χ4v) is 2.91. The van der Waals surface area contributed by atoms with E-state index < -0.39 is 0 Å². The van der Waals surface area contributed by atoms with Crippen molar-refractivity contribution in [1.29, 1.82) is 0 Å². The lowest BCUT2D eigenvalue weighted by molar-refractivity contribution is -0.100. The maximum atomic E-state index is 5.87. The fourth-order valence-electron chi connectivity index (χ4n) is 2.91. The highest BCUT2D eigenvalue weighted by molar-refractivity contribution is 5.38. The molecule has 1 fully saturated rings. The maximum Gasteiger partial charge on any atom is 0.123 e. The van der Waals surface area contributed by atoms with Crippen molar-refractivity contribution >= 4 is 0 Å². The molecule has 0 bridgehead atoms. The maximum absolute atomic E-state index is 5.87. The molecule has 106 valence electrons. The average Bonchev–Trinajstić information content (AvgIpc) is 2.41. The van der Waals surface area contributed by atoms with Crippen molar-refractivity contribution in [2.24, 2.45) is 0 Å². The first kappa shape index (κ1) is 14.4. The summed E-state index contributed by atoms with van der Waals surface area (Å²) in [6, 6.07) is 8.46. The molecule has 0 saturated heterocycles. The Morgan fingerprint density at radius 1 is 1.26 bits per heavy atom. The van der Waals surface area contributed by atoms with Crippen molar-refractivity contribution in [1.82, 2.24) is 5.32 Å². The number of methoxy groups -OCH3 is 2. The largest absolute Gasteiger partial charge is 0.496 e. The van der Waals surface area contributed by atoms with Crippen molar-refractivity contribution in [3.05, 3.63) is 29.8 Å². The number of nitrogens with one attached hydrogen (secondary N) is 1. The molecule has 1 aromatic rings. The standard InChI is InChI=1S/C16H25NO2/c1-4-12-17-15(16(19-3)10-7-11-16)13-8-5-6-9-14(13)18-2/h5-6,8-9,15,17H,4,7,10-12H2,1-3H3. The molecular weight excluding hydrogens is 238 g/mol. The highest BCUT2D eigenvalue weighted by atomic mass is 16.5. The highest BCUT2D eigenvalue weighted by Gasteiger charge is 2.45. The first-order valence-corrected chi connectivity index (χ1v) is 7.19. The lowest BCUT2D eigenvalue weighted by Crippen LogP contribution is -2.50. The van der Waals surface area contributed by atoms with Crippen LogP contribution in [0.25, 0.3) is 0 Å². The quantitative estimate of drug-likeness (QED) is 0.818. The topological polar surface area (TPSA) is 30.5 Å². The van der Waals surface area contributed by atoms with Gasteiger partial charge in [0.15, 0.2) is 0 Å². The van der Waals surface area contributed by atoms with Gasteiger partial charge in [-0.2, -0.15) is 0 Å². The molecule has 3 heteroatoms. The van der Waals surface area contributed by atoms with Crippen LogP contribution in [-0.4, -0.2) is 26.4 Å². The summed E-state index contributed by atoms with van der Waals surface area (Å²) in [4.78, 5) is 0. The summed E-state index contributed by atoms with van der Waals surface area (Å²) in [5.74, 6) is 0.944. The zero-order valence-electron chi connectivity index (χ0n) is 12.2. The summed E-state index contributed by atoms with van der Waals surface area (Å²) < 4.78 is 11.4. The molecule has 0 spiro atoms. The molecule has 19 heavy (non-hydrogen) atoms. The van der Waals surface area contributed by atoms with Gasteiger partial charge in [-0.1, -0.05) is 25.1 Å². The van der Waals surface area contributed by atoms with Crippen LogP contribution in [-0.2, 0) is 4.74 Å². The van der Waals surface area contributed by atoms with E-state index >= 15 is 0 Å². The van der Waals surface area contributed by atoms with Gasteiger partial charge >= 0.3 is 0 Å². The van der Waals surface area contributed by atoms with Gasteiger partial charge in [0.1, 0.15) is 5.75 Å². The lowest BCUT2D eigenvalue weighted by Gasteiger charge is -2.47. The predicted octanol–water partition coefficient (Wildman–Crippen LogP) is 3.31. The third kappa shape index (κ3) is 2.77. The van der Waals surface area contributed by atoms with Crippen LogP contribution in [0.3, 0.4) is 0 Å². The summed E-state index contributed by atoms with van der Waals surface area (Å²) in [5.41, 5.74) is 1.14. The number of ether oxygens (including phenoxy) is 2. The van der Waals surface area contributed by atoms with Crippen LogP contribution in [0.1, 0.15) is 44.2 Å². The Balaban J connectivity index is 2.31. The van der Waals surface area contributed by atoms with Gasteiger partial charge in [0.05, 0.1) is 18.8 Å². The van der Waals surface area contributed by atoms with E-state index in [4.69, 9.17) is 9.47 Å². The van der Waals surface area contributed by atoms with Crippen LogP contribution in [0.5, 0.6) is 5.75 Å². The molecule has 1 aromatic carbocycles. The van der Waals surface area contributed by atoms with Gasteiger partial charge in [0.2, 0.25) is 0 Å². The lowest BCUT2D eigenvalue weighted by atomic mass is 9.72. The van der Waals surface area contributed by atoms with Gasteiger partial charge in [0, 0.05) is 12.7 Å². The van der Waals surface area contributed by atoms with Crippen molar-refractivity contribution in [2.75, 3.05) is 20.8 Å². The molecule has 1 atom stereocenters. The Labute approximate surface area is 116 Å². The number of para-hydroxylation sites is 1. The monoisotopic (exact) mass is 263 g/mol.